The molecule has 0 bridgehead atoms. The van der Waals surface area contributed by atoms with E-state index in [2.05, 4.69) is 30.1 Å². The summed E-state index contributed by atoms with van der Waals surface area (Å²) in [7, 11) is 0. The number of phenolic OH excluding ortho intramolecular Hbond substituents is 1. The normalized spacial score (nSPS) is 20.5. The Balaban J connectivity index is 0.00000441. The number of hydrogen-bond acceptors (Lipinski definition) is 5. The molecular weight excluding hydrogens is 524 g/mol. The smallest absolute Gasteiger partial charge is 0.328 e. The molecule has 1 heterocycles. The van der Waals surface area contributed by atoms with Gasteiger partial charge in [-0.1, -0.05) is 86.6 Å². The fourth-order valence-corrected chi connectivity index (χ4v) is 5.47. The molecule has 1 amide bonds. The summed E-state index contributed by atoms with van der Waals surface area (Å²) in [6, 6.07) is 26.4. The highest BCUT2D eigenvalue weighted by Gasteiger charge is 2.39. The zero-order valence-electron chi connectivity index (χ0n) is 23.6. The number of benzene rings is 3. The number of phenols is 1. The Morgan fingerprint density at radius 1 is 1.02 bits per heavy atom. The molecule has 0 aliphatic carbocycles. The molecule has 1 aliphatic rings. The number of piperidine rings is 1. The molecule has 7 heteroatoms. The van der Waals surface area contributed by atoms with Crippen LogP contribution in [0, 0.1) is 11.8 Å². The number of likely N-dealkylation sites (tertiary alicyclic amines) is 1. The zero-order chi connectivity index (χ0) is 27.8. The molecule has 0 aromatic heterocycles. The third-order valence-electron chi connectivity index (χ3n) is 8.18. The predicted molar refractivity (Wildman–Crippen MR) is 160 cm³/mol. The number of halogens is 1. The number of esters is 1. The summed E-state index contributed by atoms with van der Waals surface area (Å²) in [4.78, 5) is 28.5. The first-order chi connectivity index (χ1) is 18.7. The molecule has 0 radical (unpaired) electrons. The van der Waals surface area contributed by atoms with Crippen molar-refractivity contribution in [3.63, 3.8) is 0 Å². The van der Waals surface area contributed by atoms with Crippen molar-refractivity contribution in [1.82, 2.24) is 10.2 Å². The van der Waals surface area contributed by atoms with Crippen LogP contribution in [0.5, 0.6) is 5.75 Å². The number of nitrogens with zero attached hydrogens (tertiary/aromatic N) is 1. The average Bonchev–Trinajstić information content (AvgIpc) is 2.94. The topological polar surface area (TPSA) is 78.9 Å². The zero-order valence-corrected chi connectivity index (χ0v) is 24.4. The highest BCUT2D eigenvalue weighted by atomic mass is 35.5. The summed E-state index contributed by atoms with van der Waals surface area (Å²) in [6.45, 7) is 8.66. The van der Waals surface area contributed by atoms with E-state index in [1.54, 1.807) is 13.0 Å². The lowest BCUT2D eigenvalue weighted by atomic mass is 9.68. The van der Waals surface area contributed by atoms with Gasteiger partial charge in [0.15, 0.2) is 0 Å². The molecular formula is C33H41ClN2O4. The van der Waals surface area contributed by atoms with E-state index in [1.165, 1.54) is 0 Å². The van der Waals surface area contributed by atoms with Crippen LogP contribution in [0.4, 0.5) is 0 Å². The van der Waals surface area contributed by atoms with Crippen LogP contribution in [0.15, 0.2) is 84.9 Å². The molecule has 4 unspecified atom stereocenters. The largest absolute Gasteiger partial charge is 0.508 e. The number of hydrogen-bond donors (Lipinski definition) is 2. The van der Waals surface area contributed by atoms with Gasteiger partial charge in [0.1, 0.15) is 18.4 Å². The fourth-order valence-electron chi connectivity index (χ4n) is 5.47. The minimum atomic E-state index is -0.742. The molecule has 0 saturated carbocycles. The van der Waals surface area contributed by atoms with Gasteiger partial charge in [-0.05, 0) is 66.5 Å². The van der Waals surface area contributed by atoms with E-state index in [4.69, 9.17) is 4.74 Å². The van der Waals surface area contributed by atoms with Crippen LogP contribution in [-0.2, 0) is 32.8 Å². The van der Waals surface area contributed by atoms with Crippen LogP contribution in [0.1, 0.15) is 43.9 Å². The van der Waals surface area contributed by atoms with E-state index >= 15 is 0 Å². The minimum absolute atomic E-state index is 0. The van der Waals surface area contributed by atoms with Crippen molar-refractivity contribution in [2.24, 2.45) is 11.8 Å². The van der Waals surface area contributed by atoms with Gasteiger partial charge < -0.3 is 20.1 Å². The first kappa shape index (κ1) is 31.2. The molecule has 3 aromatic rings. The summed E-state index contributed by atoms with van der Waals surface area (Å²) in [6.07, 6.45) is 1.52. The van der Waals surface area contributed by atoms with Crippen molar-refractivity contribution in [2.75, 3.05) is 19.6 Å². The van der Waals surface area contributed by atoms with E-state index in [0.29, 0.717) is 24.6 Å². The monoisotopic (exact) mass is 564 g/mol. The SMILES string of the molecule is CC(NC(=O)C(Cc1ccccc1)CN1CCC(C)(c2cccc(O)c2)C(C)C1)C(=O)OCc1ccccc1.Cl. The lowest BCUT2D eigenvalue weighted by Gasteiger charge is -2.45. The molecule has 40 heavy (non-hydrogen) atoms. The van der Waals surface area contributed by atoms with Crippen molar-refractivity contribution >= 4 is 24.3 Å². The number of amides is 1. The maximum Gasteiger partial charge on any atom is 0.328 e. The molecule has 1 aliphatic heterocycles. The second-order valence-corrected chi connectivity index (χ2v) is 11.1. The van der Waals surface area contributed by atoms with Gasteiger partial charge in [-0.25, -0.2) is 4.79 Å². The van der Waals surface area contributed by atoms with Gasteiger partial charge in [0.2, 0.25) is 5.91 Å². The Bertz CT molecular complexity index is 1240. The Morgan fingerprint density at radius 2 is 1.68 bits per heavy atom. The minimum Gasteiger partial charge on any atom is -0.508 e. The number of aromatic hydroxyl groups is 1. The van der Waals surface area contributed by atoms with E-state index in [-0.39, 0.29) is 36.3 Å². The highest BCUT2D eigenvalue weighted by molar-refractivity contribution is 5.86. The van der Waals surface area contributed by atoms with Gasteiger partial charge in [0.25, 0.3) is 0 Å². The Kier molecular flexibility index (Phi) is 11.2. The fraction of sp³-hybridized carbons (Fsp3) is 0.394. The highest BCUT2D eigenvalue weighted by Crippen LogP contribution is 2.40. The molecule has 4 rings (SSSR count). The number of ether oxygens (including phenoxy) is 1. The lowest BCUT2D eigenvalue weighted by Crippen LogP contribution is -2.51. The Labute approximate surface area is 244 Å². The number of rotatable bonds is 10. The van der Waals surface area contributed by atoms with Crippen LogP contribution in [0.25, 0.3) is 0 Å². The van der Waals surface area contributed by atoms with Gasteiger partial charge in [0.05, 0.1) is 5.92 Å². The molecule has 1 saturated heterocycles. The molecule has 6 nitrogen and oxygen atoms in total. The standard InChI is InChI=1S/C33H40N2O4.ClH/c1-24-21-35(18-17-33(24,3)29-15-10-16-30(36)20-29)22-28(19-26-11-6-4-7-12-26)31(37)34-25(2)32(38)39-23-27-13-8-5-9-14-27;/h4-16,20,24-25,28,36H,17-19,21-23H2,1-3H3,(H,34,37);1H. The Morgan fingerprint density at radius 3 is 2.30 bits per heavy atom. The quantitative estimate of drug-likeness (QED) is 0.317. The second kappa shape index (κ2) is 14.3. The molecule has 0 spiro atoms. The Hall–Kier alpha value is -3.35. The maximum absolute atomic E-state index is 13.5. The first-order valence-corrected chi connectivity index (χ1v) is 13.8. The van der Waals surface area contributed by atoms with E-state index < -0.39 is 12.0 Å². The molecule has 1 fully saturated rings. The summed E-state index contributed by atoms with van der Waals surface area (Å²) < 4.78 is 5.44. The number of carbonyl (C=O) groups excluding carboxylic acids is 2. The van der Waals surface area contributed by atoms with E-state index in [1.807, 2.05) is 72.8 Å². The van der Waals surface area contributed by atoms with Crippen LogP contribution in [-0.4, -0.2) is 47.6 Å². The summed E-state index contributed by atoms with van der Waals surface area (Å²) in [5, 5.41) is 12.9. The average molecular weight is 565 g/mol. The van der Waals surface area contributed by atoms with Gasteiger partial charge in [-0.2, -0.15) is 0 Å². The molecule has 4 atom stereocenters. The van der Waals surface area contributed by atoms with Gasteiger partial charge in [-0.3, -0.25) is 4.79 Å². The second-order valence-electron chi connectivity index (χ2n) is 11.1. The van der Waals surface area contributed by atoms with Gasteiger partial charge >= 0.3 is 5.97 Å². The van der Waals surface area contributed by atoms with Crippen molar-refractivity contribution < 1.29 is 19.4 Å². The van der Waals surface area contributed by atoms with Crippen molar-refractivity contribution in [1.29, 1.82) is 0 Å². The van der Waals surface area contributed by atoms with Crippen molar-refractivity contribution in [2.45, 2.75) is 51.7 Å². The van der Waals surface area contributed by atoms with E-state index in [9.17, 15) is 14.7 Å². The third kappa shape index (κ3) is 8.09. The molecule has 214 valence electrons. The molecule has 2 N–H and O–H groups in total. The van der Waals surface area contributed by atoms with Crippen LogP contribution in [0.2, 0.25) is 0 Å². The third-order valence-corrected chi connectivity index (χ3v) is 8.18. The van der Waals surface area contributed by atoms with Crippen molar-refractivity contribution in [3.8, 4) is 5.75 Å². The maximum atomic E-state index is 13.5. The summed E-state index contributed by atoms with van der Waals surface area (Å²) in [5.41, 5.74) is 3.09. The van der Waals surface area contributed by atoms with Crippen LogP contribution < -0.4 is 5.32 Å². The van der Waals surface area contributed by atoms with Gasteiger partial charge in [-0.15, -0.1) is 12.4 Å². The molecule has 3 aromatic carbocycles. The number of carbonyl (C=O) groups is 2. The van der Waals surface area contributed by atoms with Crippen LogP contribution in [0.3, 0.4) is 0 Å². The number of nitrogens with one attached hydrogen (secondary N) is 1. The predicted octanol–water partition coefficient (Wildman–Crippen LogP) is 5.52. The lowest BCUT2D eigenvalue weighted by molar-refractivity contribution is -0.149. The first-order valence-electron chi connectivity index (χ1n) is 13.8. The van der Waals surface area contributed by atoms with Gasteiger partial charge in [0, 0.05) is 13.1 Å². The summed E-state index contributed by atoms with van der Waals surface area (Å²) >= 11 is 0. The van der Waals surface area contributed by atoms with Crippen LogP contribution >= 0.6 is 12.4 Å². The summed E-state index contributed by atoms with van der Waals surface area (Å²) in [5.74, 6) is -0.273. The van der Waals surface area contributed by atoms with Crippen molar-refractivity contribution in [3.05, 3.63) is 102 Å². The van der Waals surface area contributed by atoms with E-state index in [0.717, 1.165) is 36.2 Å².